The highest BCUT2D eigenvalue weighted by atomic mass is 35.5. The van der Waals surface area contributed by atoms with Gasteiger partial charge in [0.05, 0.1) is 11.6 Å². The van der Waals surface area contributed by atoms with E-state index in [1.54, 1.807) is 0 Å². The van der Waals surface area contributed by atoms with Crippen molar-refractivity contribution >= 4 is 11.6 Å². The molecule has 1 aromatic rings. The van der Waals surface area contributed by atoms with E-state index < -0.39 is 0 Å². The second-order valence-corrected chi connectivity index (χ2v) is 6.69. The minimum Gasteiger partial charge on any atom is -0.454 e. The summed E-state index contributed by atoms with van der Waals surface area (Å²) >= 11 is 6.20. The van der Waals surface area contributed by atoms with Crippen molar-refractivity contribution in [3.05, 3.63) is 22.7 Å². The van der Waals surface area contributed by atoms with Crippen molar-refractivity contribution in [1.29, 1.82) is 0 Å². The van der Waals surface area contributed by atoms with Crippen molar-refractivity contribution in [2.75, 3.05) is 13.4 Å². The lowest BCUT2D eigenvalue weighted by atomic mass is 9.77. The molecule has 0 saturated heterocycles. The molecule has 1 aromatic carbocycles. The standard InChI is InChI=1S/C16H22ClNO3/c1-11-2-4-16(9-19,5-3-11)18-8-12-6-13(17)15-14(7-12)20-10-21-15/h6-7,11,18-19H,2-5,8-10H2,1H3. The van der Waals surface area contributed by atoms with Crippen LogP contribution in [0.2, 0.25) is 5.02 Å². The first kappa shape index (κ1) is 14.9. The molecule has 0 unspecified atom stereocenters. The van der Waals surface area contributed by atoms with E-state index >= 15 is 0 Å². The van der Waals surface area contributed by atoms with Gasteiger partial charge < -0.3 is 19.9 Å². The SMILES string of the molecule is CC1CCC(CO)(NCc2cc(Cl)c3c(c2)OCO3)CC1. The van der Waals surface area contributed by atoms with Gasteiger partial charge in [0, 0.05) is 12.1 Å². The van der Waals surface area contributed by atoms with Crippen molar-refractivity contribution in [2.24, 2.45) is 5.92 Å². The Labute approximate surface area is 130 Å². The van der Waals surface area contributed by atoms with Crippen molar-refractivity contribution in [3.8, 4) is 11.5 Å². The Hall–Kier alpha value is -0.970. The van der Waals surface area contributed by atoms with Crippen molar-refractivity contribution in [1.82, 2.24) is 5.32 Å². The number of hydrogen-bond acceptors (Lipinski definition) is 4. The Morgan fingerprint density at radius 3 is 2.81 bits per heavy atom. The molecule has 1 aliphatic carbocycles. The molecule has 1 heterocycles. The number of fused-ring (bicyclic) bond motifs is 1. The average molecular weight is 312 g/mol. The van der Waals surface area contributed by atoms with Crippen LogP contribution in [0.3, 0.4) is 0 Å². The lowest BCUT2D eigenvalue weighted by Crippen LogP contribution is -2.50. The third kappa shape index (κ3) is 3.12. The Morgan fingerprint density at radius 1 is 1.33 bits per heavy atom. The number of ether oxygens (including phenoxy) is 2. The second kappa shape index (κ2) is 6.03. The molecule has 0 radical (unpaired) electrons. The predicted molar refractivity (Wildman–Crippen MR) is 81.9 cm³/mol. The van der Waals surface area contributed by atoms with Gasteiger partial charge in [-0.15, -0.1) is 0 Å². The summed E-state index contributed by atoms with van der Waals surface area (Å²) in [6.45, 7) is 3.35. The highest BCUT2D eigenvalue weighted by Gasteiger charge is 2.33. The zero-order chi connectivity index (χ0) is 14.9. The van der Waals surface area contributed by atoms with Gasteiger partial charge in [0.25, 0.3) is 0 Å². The van der Waals surface area contributed by atoms with Crippen LogP contribution < -0.4 is 14.8 Å². The monoisotopic (exact) mass is 311 g/mol. The van der Waals surface area contributed by atoms with E-state index in [2.05, 4.69) is 12.2 Å². The van der Waals surface area contributed by atoms with E-state index in [1.165, 1.54) is 0 Å². The topological polar surface area (TPSA) is 50.7 Å². The van der Waals surface area contributed by atoms with E-state index in [0.717, 1.165) is 37.2 Å². The Balaban J connectivity index is 1.68. The number of hydrogen-bond donors (Lipinski definition) is 2. The maximum Gasteiger partial charge on any atom is 0.231 e. The Morgan fingerprint density at radius 2 is 2.10 bits per heavy atom. The summed E-state index contributed by atoms with van der Waals surface area (Å²) in [5.74, 6) is 2.09. The molecule has 1 saturated carbocycles. The maximum absolute atomic E-state index is 9.78. The molecule has 5 heteroatoms. The third-order valence-electron chi connectivity index (χ3n) is 4.69. The van der Waals surface area contributed by atoms with Crippen molar-refractivity contribution in [2.45, 2.75) is 44.7 Å². The summed E-state index contributed by atoms with van der Waals surface area (Å²) in [4.78, 5) is 0. The van der Waals surface area contributed by atoms with Gasteiger partial charge in [0.1, 0.15) is 0 Å². The number of aliphatic hydroxyl groups is 1. The third-order valence-corrected chi connectivity index (χ3v) is 4.97. The number of benzene rings is 1. The summed E-state index contributed by atoms with van der Waals surface area (Å²) < 4.78 is 10.7. The van der Waals surface area contributed by atoms with Gasteiger partial charge in [0.15, 0.2) is 11.5 Å². The first-order valence-corrected chi connectivity index (χ1v) is 7.94. The van der Waals surface area contributed by atoms with Crippen LogP contribution in [0, 0.1) is 5.92 Å². The summed E-state index contributed by atoms with van der Waals surface area (Å²) in [6, 6.07) is 3.86. The zero-order valence-corrected chi connectivity index (χ0v) is 13.1. The van der Waals surface area contributed by atoms with Crippen LogP contribution in [0.5, 0.6) is 11.5 Å². The van der Waals surface area contributed by atoms with E-state index in [0.29, 0.717) is 23.1 Å². The molecular weight excluding hydrogens is 290 g/mol. The molecule has 2 aliphatic rings. The van der Waals surface area contributed by atoms with Crippen molar-refractivity contribution in [3.63, 3.8) is 0 Å². The summed E-state index contributed by atoms with van der Waals surface area (Å²) in [5.41, 5.74) is 0.894. The van der Waals surface area contributed by atoms with Crippen molar-refractivity contribution < 1.29 is 14.6 Å². The van der Waals surface area contributed by atoms with Crippen LogP contribution in [0.25, 0.3) is 0 Å². The molecule has 116 valence electrons. The molecule has 0 amide bonds. The first-order chi connectivity index (χ1) is 10.1. The zero-order valence-electron chi connectivity index (χ0n) is 12.3. The smallest absolute Gasteiger partial charge is 0.231 e. The Bertz CT molecular complexity index is 512. The normalized spacial score (nSPS) is 27.9. The van der Waals surface area contributed by atoms with E-state index in [1.807, 2.05) is 12.1 Å². The fraction of sp³-hybridized carbons (Fsp3) is 0.625. The number of rotatable bonds is 4. The molecule has 0 bridgehead atoms. The van der Waals surface area contributed by atoms with Gasteiger partial charge in [-0.2, -0.15) is 0 Å². The number of nitrogens with one attached hydrogen (secondary N) is 1. The van der Waals surface area contributed by atoms with E-state index in [4.69, 9.17) is 21.1 Å². The van der Waals surface area contributed by atoms with Crippen LogP contribution in [-0.2, 0) is 6.54 Å². The summed E-state index contributed by atoms with van der Waals surface area (Å²) in [5, 5.41) is 13.9. The quantitative estimate of drug-likeness (QED) is 0.897. The van der Waals surface area contributed by atoms with Crippen LogP contribution in [-0.4, -0.2) is 24.0 Å². The van der Waals surface area contributed by atoms with Gasteiger partial charge in [-0.3, -0.25) is 0 Å². The summed E-state index contributed by atoms with van der Waals surface area (Å²) in [7, 11) is 0. The van der Waals surface area contributed by atoms with Crippen LogP contribution in [0.15, 0.2) is 12.1 Å². The molecular formula is C16H22ClNO3. The molecule has 4 nitrogen and oxygen atoms in total. The fourth-order valence-electron chi connectivity index (χ4n) is 3.12. The van der Waals surface area contributed by atoms with Crippen LogP contribution in [0.1, 0.15) is 38.2 Å². The van der Waals surface area contributed by atoms with Gasteiger partial charge >= 0.3 is 0 Å². The molecule has 2 N–H and O–H groups in total. The largest absolute Gasteiger partial charge is 0.454 e. The fourth-order valence-corrected chi connectivity index (χ4v) is 3.41. The molecule has 3 rings (SSSR count). The van der Waals surface area contributed by atoms with E-state index in [-0.39, 0.29) is 18.9 Å². The molecule has 21 heavy (non-hydrogen) atoms. The maximum atomic E-state index is 9.78. The predicted octanol–water partition coefficient (Wildman–Crippen LogP) is 3.10. The van der Waals surface area contributed by atoms with Crippen LogP contribution in [0.4, 0.5) is 0 Å². The molecule has 1 fully saturated rings. The highest BCUT2D eigenvalue weighted by molar-refractivity contribution is 6.32. The second-order valence-electron chi connectivity index (χ2n) is 6.29. The average Bonchev–Trinajstić information content (AvgIpc) is 2.96. The molecule has 0 spiro atoms. The lowest BCUT2D eigenvalue weighted by molar-refractivity contribution is 0.104. The van der Waals surface area contributed by atoms with Gasteiger partial charge in [-0.25, -0.2) is 0 Å². The Kier molecular flexibility index (Phi) is 4.29. The van der Waals surface area contributed by atoms with Gasteiger partial charge in [-0.1, -0.05) is 18.5 Å². The van der Waals surface area contributed by atoms with Gasteiger partial charge in [0.2, 0.25) is 6.79 Å². The number of halogens is 1. The lowest BCUT2D eigenvalue weighted by Gasteiger charge is -2.39. The summed E-state index contributed by atoms with van der Waals surface area (Å²) in [6.07, 6.45) is 4.36. The highest BCUT2D eigenvalue weighted by Crippen LogP contribution is 2.40. The van der Waals surface area contributed by atoms with E-state index in [9.17, 15) is 5.11 Å². The van der Waals surface area contributed by atoms with Crippen LogP contribution >= 0.6 is 11.6 Å². The first-order valence-electron chi connectivity index (χ1n) is 7.56. The minimum absolute atomic E-state index is 0.157. The molecule has 0 aromatic heterocycles. The minimum atomic E-state index is -0.157. The molecule has 1 aliphatic heterocycles. The number of aliphatic hydroxyl groups excluding tert-OH is 1. The molecule has 0 atom stereocenters. The van der Waals surface area contributed by atoms with Gasteiger partial charge in [-0.05, 0) is 49.3 Å².